The molecule has 0 aliphatic heterocycles. The predicted molar refractivity (Wildman–Crippen MR) is 102 cm³/mol. The maximum absolute atomic E-state index is 12.7. The molecule has 0 spiro atoms. The second-order valence-corrected chi connectivity index (χ2v) is 6.86. The fourth-order valence-electron chi connectivity index (χ4n) is 3.75. The number of para-hydroxylation sites is 1. The first-order valence-corrected chi connectivity index (χ1v) is 9.26. The molecule has 1 unspecified atom stereocenters. The summed E-state index contributed by atoms with van der Waals surface area (Å²) in [4.78, 5) is 12.7. The highest BCUT2D eigenvalue weighted by Crippen LogP contribution is 2.27. The van der Waals surface area contributed by atoms with Gasteiger partial charge in [0.2, 0.25) is 5.91 Å². The molecule has 4 rings (SSSR count). The van der Waals surface area contributed by atoms with Gasteiger partial charge in [-0.15, -0.1) is 0 Å². The summed E-state index contributed by atoms with van der Waals surface area (Å²) in [6.45, 7) is 0.430. The van der Waals surface area contributed by atoms with E-state index in [0.29, 0.717) is 6.54 Å². The molecule has 1 aliphatic carbocycles. The number of carbonyl (C=O) groups excluding carboxylic acids is 1. The van der Waals surface area contributed by atoms with E-state index in [2.05, 4.69) is 27.9 Å². The number of nitrogens with one attached hydrogen (secondary N) is 2. The minimum atomic E-state index is -0.428. The number of aryl methyl sites for hydroxylation is 1. The number of hydrogen-bond acceptors (Lipinski definition) is 4. The number of rotatable bonds is 6. The Morgan fingerprint density at radius 3 is 2.78 bits per heavy atom. The zero-order valence-electron chi connectivity index (χ0n) is 15.6. The monoisotopic (exact) mass is 364 g/mol. The van der Waals surface area contributed by atoms with Crippen LogP contribution in [0.3, 0.4) is 0 Å². The van der Waals surface area contributed by atoms with Crippen LogP contribution in [0.15, 0.2) is 42.7 Å². The van der Waals surface area contributed by atoms with E-state index in [1.165, 1.54) is 11.3 Å². The average Bonchev–Trinajstić information content (AvgIpc) is 3.39. The Labute approximate surface area is 158 Å². The van der Waals surface area contributed by atoms with E-state index in [0.717, 1.165) is 36.2 Å². The Morgan fingerprint density at radius 2 is 2.07 bits per heavy atom. The van der Waals surface area contributed by atoms with Gasteiger partial charge in [0.15, 0.2) is 0 Å². The minimum Gasteiger partial charge on any atom is -0.349 e. The lowest BCUT2D eigenvalue weighted by atomic mass is 10.1. The molecule has 0 fully saturated rings. The molecule has 0 saturated carbocycles. The molecule has 0 bridgehead atoms. The van der Waals surface area contributed by atoms with Crippen molar-refractivity contribution in [3.63, 3.8) is 0 Å². The third-order valence-electron chi connectivity index (χ3n) is 5.05. The predicted octanol–water partition coefficient (Wildman–Crippen LogP) is 1.67. The average molecular weight is 364 g/mol. The molecule has 2 heterocycles. The quantitative estimate of drug-likeness (QED) is 0.698. The molecule has 0 radical (unpaired) electrons. The SMILES string of the molecule is CNC(C(=O)NCc1nn(-c2ccccc2)c2c1CCC2)c1cnn(C)c1. The number of likely N-dealkylation sites (N-methyl/N-ethyl adjacent to an activating group) is 1. The van der Waals surface area contributed by atoms with Crippen LogP contribution in [0.4, 0.5) is 0 Å². The first-order valence-electron chi connectivity index (χ1n) is 9.26. The van der Waals surface area contributed by atoms with Crippen LogP contribution in [-0.4, -0.2) is 32.5 Å². The largest absolute Gasteiger partial charge is 0.349 e. The number of amides is 1. The van der Waals surface area contributed by atoms with Gasteiger partial charge in [-0.05, 0) is 44.0 Å². The Balaban J connectivity index is 1.52. The molecular weight excluding hydrogens is 340 g/mol. The van der Waals surface area contributed by atoms with Crippen LogP contribution in [0.1, 0.15) is 35.0 Å². The molecule has 1 aliphatic rings. The van der Waals surface area contributed by atoms with Crippen molar-refractivity contribution in [1.29, 1.82) is 0 Å². The smallest absolute Gasteiger partial charge is 0.242 e. The van der Waals surface area contributed by atoms with Crippen molar-refractivity contribution in [2.45, 2.75) is 31.8 Å². The summed E-state index contributed by atoms with van der Waals surface area (Å²) in [6.07, 6.45) is 6.74. The highest BCUT2D eigenvalue weighted by Gasteiger charge is 2.25. The Kier molecular flexibility index (Phi) is 4.77. The number of fused-ring (bicyclic) bond motifs is 1. The van der Waals surface area contributed by atoms with Crippen LogP contribution in [0, 0.1) is 0 Å². The summed E-state index contributed by atoms with van der Waals surface area (Å²) in [5.41, 5.74) is 5.42. The molecule has 1 atom stereocenters. The van der Waals surface area contributed by atoms with E-state index < -0.39 is 6.04 Å². The fourth-order valence-corrected chi connectivity index (χ4v) is 3.75. The van der Waals surface area contributed by atoms with E-state index >= 15 is 0 Å². The van der Waals surface area contributed by atoms with Gasteiger partial charge >= 0.3 is 0 Å². The standard InChI is InChI=1S/C20H24N6O/c1-21-19(14-11-23-25(2)13-14)20(27)22-12-17-16-9-6-10-18(16)26(24-17)15-7-4-3-5-8-15/h3-5,7-8,11,13,19,21H,6,9-10,12H2,1-2H3,(H,22,27). The molecule has 1 aromatic carbocycles. The Morgan fingerprint density at radius 1 is 1.26 bits per heavy atom. The van der Waals surface area contributed by atoms with Gasteiger partial charge in [-0.2, -0.15) is 10.2 Å². The third kappa shape index (κ3) is 3.38. The Hall–Kier alpha value is -2.93. The van der Waals surface area contributed by atoms with Crippen LogP contribution < -0.4 is 10.6 Å². The van der Waals surface area contributed by atoms with Gasteiger partial charge < -0.3 is 10.6 Å². The summed E-state index contributed by atoms with van der Waals surface area (Å²) >= 11 is 0. The van der Waals surface area contributed by atoms with Gasteiger partial charge in [-0.3, -0.25) is 9.48 Å². The summed E-state index contributed by atoms with van der Waals surface area (Å²) in [5, 5.41) is 15.1. The van der Waals surface area contributed by atoms with Crippen LogP contribution in [-0.2, 0) is 31.2 Å². The molecule has 3 aromatic rings. The summed E-state index contributed by atoms with van der Waals surface area (Å²) in [6, 6.07) is 9.74. The molecule has 2 aromatic heterocycles. The van der Waals surface area contributed by atoms with Crippen molar-refractivity contribution >= 4 is 5.91 Å². The highest BCUT2D eigenvalue weighted by molar-refractivity contribution is 5.83. The number of aromatic nitrogens is 4. The Bertz CT molecular complexity index is 943. The molecule has 7 nitrogen and oxygen atoms in total. The number of benzene rings is 1. The lowest BCUT2D eigenvalue weighted by Gasteiger charge is -2.14. The maximum Gasteiger partial charge on any atom is 0.242 e. The van der Waals surface area contributed by atoms with E-state index in [-0.39, 0.29) is 5.91 Å². The van der Waals surface area contributed by atoms with E-state index in [1.54, 1.807) is 17.9 Å². The lowest BCUT2D eigenvalue weighted by Crippen LogP contribution is -2.35. The van der Waals surface area contributed by atoms with E-state index in [1.807, 2.05) is 36.1 Å². The van der Waals surface area contributed by atoms with Crippen molar-refractivity contribution in [3.8, 4) is 5.69 Å². The van der Waals surface area contributed by atoms with Crippen molar-refractivity contribution < 1.29 is 4.79 Å². The number of nitrogens with zero attached hydrogens (tertiary/aromatic N) is 4. The second kappa shape index (κ2) is 7.36. The van der Waals surface area contributed by atoms with Gasteiger partial charge in [-0.1, -0.05) is 18.2 Å². The van der Waals surface area contributed by atoms with Crippen LogP contribution in [0.2, 0.25) is 0 Å². The maximum atomic E-state index is 12.7. The van der Waals surface area contributed by atoms with Crippen LogP contribution in [0.5, 0.6) is 0 Å². The first kappa shape index (κ1) is 17.5. The van der Waals surface area contributed by atoms with E-state index in [9.17, 15) is 4.79 Å². The van der Waals surface area contributed by atoms with Crippen molar-refractivity contribution in [3.05, 3.63) is 65.2 Å². The summed E-state index contributed by atoms with van der Waals surface area (Å²) in [7, 11) is 3.62. The van der Waals surface area contributed by atoms with Gasteiger partial charge in [0.05, 0.1) is 24.1 Å². The molecule has 7 heteroatoms. The molecule has 1 amide bonds. The zero-order chi connectivity index (χ0) is 18.8. The third-order valence-corrected chi connectivity index (χ3v) is 5.05. The highest BCUT2D eigenvalue weighted by atomic mass is 16.2. The molecule has 0 saturated heterocycles. The second-order valence-electron chi connectivity index (χ2n) is 6.86. The van der Waals surface area contributed by atoms with Crippen LogP contribution >= 0.6 is 0 Å². The zero-order valence-corrected chi connectivity index (χ0v) is 15.6. The minimum absolute atomic E-state index is 0.0773. The van der Waals surface area contributed by atoms with Crippen LogP contribution in [0.25, 0.3) is 5.69 Å². The van der Waals surface area contributed by atoms with Crippen molar-refractivity contribution in [2.75, 3.05) is 7.05 Å². The summed E-state index contributed by atoms with van der Waals surface area (Å²) < 4.78 is 3.72. The van der Waals surface area contributed by atoms with Crippen molar-refractivity contribution in [2.24, 2.45) is 7.05 Å². The fraction of sp³-hybridized carbons (Fsp3) is 0.350. The van der Waals surface area contributed by atoms with E-state index in [4.69, 9.17) is 5.10 Å². The topological polar surface area (TPSA) is 76.8 Å². The summed E-state index contributed by atoms with van der Waals surface area (Å²) in [5.74, 6) is -0.0773. The van der Waals surface area contributed by atoms with Crippen molar-refractivity contribution in [1.82, 2.24) is 30.2 Å². The number of carbonyl (C=O) groups is 1. The van der Waals surface area contributed by atoms with Gasteiger partial charge in [0.25, 0.3) is 0 Å². The number of hydrogen-bond donors (Lipinski definition) is 2. The lowest BCUT2D eigenvalue weighted by molar-refractivity contribution is -0.123. The molecule has 27 heavy (non-hydrogen) atoms. The normalized spacial score (nSPS) is 14.1. The van der Waals surface area contributed by atoms with Gasteiger partial charge in [-0.25, -0.2) is 4.68 Å². The van der Waals surface area contributed by atoms with Gasteiger partial charge in [0, 0.05) is 24.5 Å². The first-order chi connectivity index (χ1) is 13.2. The van der Waals surface area contributed by atoms with Gasteiger partial charge in [0.1, 0.15) is 6.04 Å². The molecule has 2 N–H and O–H groups in total. The molecular formula is C20H24N6O. The molecule has 140 valence electrons.